The SMILES string of the molecule is CN=C(NCC1(CS(C)(=O)=O)CC1)N(C)Cc1cccn1C. The summed E-state index contributed by atoms with van der Waals surface area (Å²) in [7, 11) is 2.82. The number of hydrogen-bond acceptors (Lipinski definition) is 3. The smallest absolute Gasteiger partial charge is 0.193 e. The van der Waals surface area contributed by atoms with Crippen LogP contribution in [0, 0.1) is 5.41 Å². The van der Waals surface area contributed by atoms with Crippen LogP contribution in [0.2, 0.25) is 0 Å². The van der Waals surface area contributed by atoms with Gasteiger partial charge in [0.05, 0.1) is 12.3 Å². The fourth-order valence-corrected chi connectivity index (χ4v) is 4.24. The minimum Gasteiger partial charge on any atom is -0.356 e. The van der Waals surface area contributed by atoms with E-state index in [1.54, 1.807) is 7.05 Å². The van der Waals surface area contributed by atoms with Crippen LogP contribution in [0.1, 0.15) is 18.5 Å². The molecule has 1 saturated carbocycles. The Labute approximate surface area is 133 Å². The molecule has 1 aliphatic rings. The highest BCUT2D eigenvalue weighted by atomic mass is 32.2. The Balaban J connectivity index is 1.91. The van der Waals surface area contributed by atoms with Crippen LogP contribution >= 0.6 is 0 Å². The van der Waals surface area contributed by atoms with Gasteiger partial charge in [-0.3, -0.25) is 4.99 Å². The van der Waals surface area contributed by atoms with E-state index in [1.165, 1.54) is 11.9 Å². The molecule has 0 bridgehead atoms. The summed E-state index contributed by atoms with van der Waals surface area (Å²) in [5.74, 6) is 1.05. The lowest BCUT2D eigenvalue weighted by Crippen LogP contribution is -2.42. The first-order valence-electron chi connectivity index (χ1n) is 7.44. The van der Waals surface area contributed by atoms with Gasteiger partial charge in [0.25, 0.3) is 0 Å². The molecule has 1 heterocycles. The molecule has 22 heavy (non-hydrogen) atoms. The molecule has 2 rings (SSSR count). The summed E-state index contributed by atoms with van der Waals surface area (Å²) in [6.07, 6.45) is 5.26. The van der Waals surface area contributed by atoms with Crippen molar-refractivity contribution in [3.63, 3.8) is 0 Å². The van der Waals surface area contributed by atoms with Crippen molar-refractivity contribution in [2.24, 2.45) is 17.5 Å². The third-order valence-corrected chi connectivity index (χ3v) is 5.31. The first-order chi connectivity index (χ1) is 10.2. The van der Waals surface area contributed by atoms with Gasteiger partial charge in [-0.15, -0.1) is 0 Å². The zero-order chi connectivity index (χ0) is 16.4. The third-order valence-electron chi connectivity index (χ3n) is 4.17. The van der Waals surface area contributed by atoms with Gasteiger partial charge in [-0.05, 0) is 25.0 Å². The first kappa shape index (κ1) is 16.9. The predicted molar refractivity (Wildman–Crippen MR) is 89.6 cm³/mol. The molecule has 1 N–H and O–H groups in total. The molecule has 6 nitrogen and oxygen atoms in total. The first-order valence-corrected chi connectivity index (χ1v) is 9.50. The predicted octanol–water partition coefficient (Wildman–Crippen LogP) is 0.857. The summed E-state index contributed by atoms with van der Waals surface area (Å²) < 4.78 is 25.1. The molecular formula is C15H26N4O2S. The van der Waals surface area contributed by atoms with Gasteiger partial charge in [-0.2, -0.15) is 0 Å². The molecule has 1 aromatic heterocycles. The number of nitrogens with zero attached hydrogens (tertiary/aromatic N) is 3. The molecule has 0 amide bonds. The Morgan fingerprint density at radius 3 is 2.64 bits per heavy atom. The average Bonchev–Trinajstić information content (AvgIpc) is 3.03. The van der Waals surface area contributed by atoms with Gasteiger partial charge in [0.15, 0.2) is 5.96 Å². The zero-order valence-electron chi connectivity index (χ0n) is 13.8. The Morgan fingerprint density at radius 1 is 1.50 bits per heavy atom. The van der Waals surface area contributed by atoms with Gasteiger partial charge in [0.1, 0.15) is 9.84 Å². The van der Waals surface area contributed by atoms with Crippen molar-refractivity contribution in [3.05, 3.63) is 24.0 Å². The van der Waals surface area contributed by atoms with Crippen molar-refractivity contribution >= 4 is 15.8 Å². The normalized spacial score (nSPS) is 17.4. The second-order valence-corrected chi connectivity index (χ2v) is 8.58. The van der Waals surface area contributed by atoms with Crippen molar-refractivity contribution in [1.82, 2.24) is 14.8 Å². The van der Waals surface area contributed by atoms with Gasteiger partial charge < -0.3 is 14.8 Å². The summed E-state index contributed by atoms with van der Waals surface area (Å²) in [6, 6.07) is 4.10. The molecule has 124 valence electrons. The Morgan fingerprint density at radius 2 is 2.18 bits per heavy atom. The van der Waals surface area contributed by atoms with E-state index in [2.05, 4.69) is 20.9 Å². The lowest BCUT2D eigenvalue weighted by molar-refractivity contribution is 0.446. The molecular weight excluding hydrogens is 300 g/mol. The Kier molecular flexibility index (Phi) is 4.84. The molecule has 0 spiro atoms. The van der Waals surface area contributed by atoms with E-state index >= 15 is 0 Å². The quantitative estimate of drug-likeness (QED) is 0.622. The molecule has 0 saturated heterocycles. The fraction of sp³-hybridized carbons (Fsp3) is 0.667. The minimum atomic E-state index is -2.94. The van der Waals surface area contributed by atoms with Crippen molar-refractivity contribution in [3.8, 4) is 0 Å². The molecule has 0 radical (unpaired) electrons. The second-order valence-electron chi connectivity index (χ2n) is 6.44. The number of aliphatic imine (C=N–C) groups is 1. The molecule has 1 aromatic rings. The van der Waals surface area contributed by atoms with E-state index in [4.69, 9.17) is 0 Å². The summed E-state index contributed by atoms with van der Waals surface area (Å²) in [5.41, 5.74) is 1.10. The van der Waals surface area contributed by atoms with Crippen LogP contribution in [0.5, 0.6) is 0 Å². The number of nitrogens with one attached hydrogen (secondary N) is 1. The maximum absolute atomic E-state index is 11.5. The van der Waals surface area contributed by atoms with E-state index in [0.29, 0.717) is 6.54 Å². The summed E-state index contributed by atoms with van der Waals surface area (Å²) in [4.78, 5) is 6.35. The summed E-state index contributed by atoms with van der Waals surface area (Å²) in [5, 5.41) is 3.33. The molecule has 0 aromatic carbocycles. The molecule has 0 aliphatic heterocycles. The number of rotatable bonds is 6. The van der Waals surface area contributed by atoms with Crippen molar-refractivity contribution in [2.45, 2.75) is 19.4 Å². The lowest BCUT2D eigenvalue weighted by Gasteiger charge is -2.24. The topological polar surface area (TPSA) is 66.7 Å². The molecule has 1 aliphatic carbocycles. The van der Waals surface area contributed by atoms with Crippen LogP contribution < -0.4 is 5.32 Å². The van der Waals surface area contributed by atoms with Gasteiger partial charge in [-0.25, -0.2) is 8.42 Å². The van der Waals surface area contributed by atoms with Crippen LogP contribution in [0.3, 0.4) is 0 Å². The monoisotopic (exact) mass is 326 g/mol. The zero-order valence-corrected chi connectivity index (χ0v) is 14.7. The standard InChI is InChI=1S/C15H26N4O2S/c1-16-14(19(3)10-13-6-5-9-18(13)2)17-11-15(7-8-15)12-22(4,20)21/h5-6,9H,7-8,10-12H2,1-4H3,(H,16,17). The van der Waals surface area contributed by atoms with Gasteiger partial charge >= 0.3 is 0 Å². The largest absolute Gasteiger partial charge is 0.356 e. The number of sulfone groups is 1. The fourth-order valence-electron chi connectivity index (χ4n) is 2.74. The molecule has 7 heteroatoms. The van der Waals surface area contributed by atoms with Crippen molar-refractivity contribution in [2.75, 3.05) is 32.6 Å². The number of hydrogen-bond donors (Lipinski definition) is 1. The maximum Gasteiger partial charge on any atom is 0.193 e. The molecule has 1 fully saturated rings. The van der Waals surface area contributed by atoms with Crippen LogP contribution in [-0.4, -0.2) is 56.5 Å². The Bertz CT molecular complexity index is 644. The van der Waals surface area contributed by atoms with Crippen molar-refractivity contribution < 1.29 is 8.42 Å². The number of guanidine groups is 1. The van der Waals surface area contributed by atoms with Crippen LogP contribution in [0.25, 0.3) is 0 Å². The highest BCUT2D eigenvalue weighted by Crippen LogP contribution is 2.46. The van der Waals surface area contributed by atoms with Gasteiger partial charge in [0, 0.05) is 51.2 Å². The van der Waals surface area contributed by atoms with Crippen LogP contribution in [0.4, 0.5) is 0 Å². The van der Waals surface area contributed by atoms with E-state index in [1.807, 2.05) is 31.3 Å². The van der Waals surface area contributed by atoms with E-state index in [0.717, 1.165) is 25.3 Å². The van der Waals surface area contributed by atoms with Crippen molar-refractivity contribution in [1.29, 1.82) is 0 Å². The van der Waals surface area contributed by atoms with E-state index < -0.39 is 9.84 Å². The summed E-state index contributed by atoms with van der Waals surface area (Å²) in [6.45, 7) is 1.41. The molecule has 0 unspecified atom stereocenters. The lowest BCUT2D eigenvalue weighted by atomic mass is 10.1. The highest BCUT2D eigenvalue weighted by Gasteiger charge is 2.45. The van der Waals surface area contributed by atoms with Gasteiger partial charge in [-0.1, -0.05) is 0 Å². The number of aromatic nitrogens is 1. The van der Waals surface area contributed by atoms with Gasteiger partial charge in [0.2, 0.25) is 0 Å². The minimum absolute atomic E-state index is 0.102. The Hall–Kier alpha value is -1.50. The van der Waals surface area contributed by atoms with E-state index in [-0.39, 0.29) is 11.2 Å². The van der Waals surface area contributed by atoms with Crippen LogP contribution in [-0.2, 0) is 23.4 Å². The van der Waals surface area contributed by atoms with E-state index in [9.17, 15) is 8.42 Å². The van der Waals surface area contributed by atoms with Crippen LogP contribution in [0.15, 0.2) is 23.3 Å². The average molecular weight is 326 g/mol. The second kappa shape index (κ2) is 6.32. The highest BCUT2D eigenvalue weighted by molar-refractivity contribution is 7.90. The summed E-state index contributed by atoms with van der Waals surface area (Å²) >= 11 is 0. The number of aryl methyl sites for hydroxylation is 1. The third kappa shape index (κ3) is 4.50. The molecule has 0 atom stereocenters. The maximum atomic E-state index is 11.5.